The van der Waals surface area contributed by atoms with Gasteiger partial charge in [-0.05, 0) is 69.4 Å². The second-order valence-electron chi connectivity index (χ2n) is 10.2. The molecule has 5 nitrogen and oxygen atoms in total. The Balaban J connectivity index is 1.18. The van der Waals surface area contributed by atoms with Crippen LogP contribution in [0.5, 0.6) is 0 Å². The van der Waals surface area contributed by atoms with E-state index < -0.39 is 0 Å². The molecule has 2 aliphatic carbocycles. The first-order valence-corrected chi connectivity index (χ1v) is 11.4. The summed E-state index contributed by atoms with van der Waals surface area (Å²) in [7, 11) is 0. The number of rotatable bonds is 5. The van der Waals surface area contributed by atoms with Crippen molar-refractivity contribution in [1.82, 2.24) is 10.2 Å². The van der Waals surface area contributed by atoms with Gasteiger partial charge >= 0.3 is 5.97 Å². The predicted molar refractivity (Wildman–Crippen MR) is 103 cm³/mol. The molecule has 3 saturated heterocycles. The number of carbonyl (C=O) groups is 1. The highest BCUT2D eigenvalue weighted by Gasteiger charge is 2.64. The monoisotopic (exact) mass is 376 g/mol. The maximum absolute atomic E-state index is 12.6. The van der Waals surface area contributed by atoms with E-state index in [0.717, 1.165) is 39.1 Å². The van der Waals surface area contributed by atoms with Crippen LogP contribution in [0.25, 0.3) is 0 Å². The van der Waals surface area contributed by atoms with Crippen LogP contribution < -0.4 is 5.32 Å². The summed E-state index contributed by atoms with van der Waals surface area (Å²) in [6.45, 7) is 8.71. The second kappa shape index (κ2) is 7.00. The molecule has 1 spiro atoms. The van der Waals surface area contributed by atoms with Gasteiger partial charge in [0.1, 0.15) is 6.10 Å². The van der Waals surface area contributed by atoms with Gasteiger partial charge < -0.3 is 19.7 Å². The predicted octanol–water partition coefficient (Wildman–Crippen LogP) is 2.59. The van der Waals surface area contributed by atoms with E-state index in [9.17, 15) is 4.79 Å². The third-order valence-electron chi connectivity index (χ3n) is 8.50. The van der Waals surface area contributed by atoms with E-state index in [-0.39, 0.29) is 23.6 Å². The minimum absolute atomic E-state index is 0.0404. The minimum atomic E-state index is 0.0404. The molecule has 152 valence electrons. The van der Waals surface area contributed by atoms with E-state index in [1.165, 1.54) is 51.6 Å². The van der Waals surface area contributed by atoms with Crippen LogP contribution in [0.3, 0.4) is 0 Å². The highest BCUT2D eigenvalue weighted by atomic mass is 16.6. The largest absolute Gasteiger partial charge is 0.462 e. The molecule has 5 aliphatic rings. The molecule has 3 aliphatic heterocycles. The van der Waals surface area contributed by atoms with Crippen LogP contribution in [-0.4, -0.2) is 61.9 Å². The van der Waals surface area contributed by atoms with Crippen molar-refractivity contribution in [2.45, 2.75) is 70.0 Å². The van der Waals surface area contributed by atoms with Crippen molar-refractivity contribution in [1.29, 1.82) is 0 Å². The molecule has 6 atom stereocenters. The summed E-state index contributed by atoms with van der Waals surface area (Å²) in [5, 5.41) is 3.58. The van der Waals surface area contributed by atoms with Gasteiger partial charge in [0.25, 0.3) is 0 Å². The van der Waals surface area contributed by atoms with Crippen LogP contribution in [0.2, 0.25) is 0 Å². The number of hydrogen-bond acceptors (Lipinski definition) is 5. The molecule has 0 amide bonds. The molecule has 3 heterocycles. The van der Waals surface area contributed by atoms with Gasteiger partial charge in [0.15, 0.2) is 0 Å². The summed E-state index contributed by atoms with van der Waals surface area (Å²) in [5.74, 6) is 1.09. The quantitative estimate of drug-likeness (QED) is 0.454. The van der Waals surface area contributed by atoms with Gasteiger partial charge in [-0.15, -0.1) is 0 Å². The summed E-state index contributed by atoms with van der Waals surface area (Å²) >= 11 is 0. The number of epoxide rings is 1. The maximum atomic E-state index is 12.6. The van der Waals surface area contributed by atoms with E-state index in [1.54, 1.807) is 0 Å². The first kappa shape index (κ1) is 18.4. The number of hydrogen-bond donors (Lipinski definition) is 1. The molecule has 27 heavy (non-hydrogen) atoms. The number of nitrogens with zero attached hydrogens (tertiary/aromatic N) is 1. The fourth-order valence-electron chi connectivity index (χ4n) is 6.87. The van der Waals surface area contributed by atoms with Gasteiger partial charge in [0.05, 0.1) is 18.1 Å². The van der Waals surface area contributed by atoms with Gasteiger partial charge in [0, 0.05) is 25.6 Å². The normalized spacial score (nSPS) is 46.8. The number of esters is 1. The Morgan fingerprint density at radius 1 is 1.19 bits per heavy atom. The van der Waals surface area contributed by atoms with Crippen LogP contribution in [-0.2, 0) is 14.3 Å². The van der Waals surface area contributed by atoms with Gasteiger partial charge in [-0.1, -0.05) is 13.3 Å². The summed E-state index contributed by atoms with van der Waals surface area (Å²) in [4.78, 5) is 15.2. The lowest BCUT2D eigenvalue weighted by Gasteiger charge is -2.51. The number of fused-ring (bicyclic) bond motifs is 3. The van der Waals surface area contributed by atoms with E-state index in [4.69, 9.17) is 9.47 Å². The summed E-state index contributed by atoms with van der Waals surface area (Å²) in [6, 6.07) is 0. The van der Waals surface area contributed by atoms with E-state index >= 15 is 0 Å². The van der Waals surface area contributed by atoms with Crippen molar-refractivity contribution in [3.63, 3.8) is 0 Å². The zero-order valence-electron chi connectivity index (χ0n) is 16.9. The molecule has 5 rings (SSSR count). The van der Waals surface area contributed by atoms with Gasteiger partial charge in [-0.2, -0.15) is 0 Å². The lowest BCUT2D eigenvalue weighted by atomic mass is 9.53. The SMILES string of the molecule is C[C@]12CCC[C@]3(CO3)C1C[C@@H]1C(CNCCN3CCCCC3)C(=O)O[C@@H]1C2. The topological polar surface area (TPSA) is 54.1 Å². The smallest absolute Gasteiger partial charge is 0.310 e. The fourth-order valence-corrected chi connectivity index (χ4v) is 6.87. The Morgan fingerprint density at radius 3 is 2.78 bits per heavy atom. The third-order valence-corrected chi connectivity index (χ3v) is 8.50. The molecule has 5 heteroatoms. The fraction of sp³-hybridized carbons (Fsp3) is 0.955. The molecule has 0 aromatic rings. The number of nitrogens with one attached hydrogen (secondary N) is 1. The number of ether oxygens (including phenoxy) is 2. The number of piperidine rings is 1. The minimum Gasteiger partial charge on any atom is -0.462 e. The Morgan fingerprint density at radius 2 is 2.00 bits per heavy atom. The Labute approximate surface area is 163 Å². The lowest BCUT2D eigenvalue weighted by Crippen LogP contribution is -2.51. The second-order valence-corrected chi connectivity index (χ2v) is 10.2. The standard InChI is InChI=1S/C22H36N2O3/c1-21-6-5-7-22(15-26-22)19(21)12-16-17(20(25)27-18(16)13-21)14-23-8-11-24-9-3-2-4-10-24/h16-19,23H,2-15H2,1H3/t16-,17?,18-,19?,21-,22+/m1/s1. The molecule has 2 saturated carbocycles. The zero-order valence-corrected chi connectivity index (χ0v) is 16.9. The Bertz CT molecular complexity index is 572. The van der Waals surface area contributed by atoms with Crippen LogP contribution in [0.15, 0.2) is 0 Å². The van der Waals surface area contributed by atoms with Crippen molar-refractivity contribution < 1.29 is 14.3 Å². The maximum Gasteiger partial charge on any atom is 0.310 e. The van der Waals surface area contributed by atoms with Gasteiger partial charge in [-0.3, -0.25) is 4.79 Å². The Kier molecular flexibility index (Phi) is 4.76. The molecule has 2 unspecified atom stereocenters. The average Bonchev–Trinajstić information content (AvgIpc) is 3.36. The van der Waals surface area contributed by atoms with Crippen molar-refractivity contribution in [2.24, 2.45) is 23.2 Å². The van der Waals surface area contributed by atoms with E-state index in [1.807, 2.05) is 0 Å². The first-order chi connectivity index (χ1) is 13.1. The Hall–Kier alpha value is -0.650. The molecule has 0 aromatic heterocycles. The lowest BCUT2D eigenvalue weighted by molar-refractivity contribution is -0.147. The van der Waals surface area contributed by atoms with Gasteiger partial charge in [0.2, 0.25) is 0 Å². The highest BCUT2D eigenvalue weighted by Crippen LogP contribution is 2.62. The molecular formula is C22H36N2O3. The van der Waals surface area contributed by atoms with Crippen LogP contribution in [0, 0.1) is 23.2 Å². The molecule has 0 aromatic carbocycles. The summed E-state index contributed by atoms with van der Waals surface area (Å²) in [6.07, 6.45) is 10.1. The molecule has 0 bridgehead atoms. The van der Waals surface area contributed by atoms with Crippen LogP contribution in [0.4, 0.5) is 0 Å². The van der Waals surface area contributed by atoms with Crippen molar-refractivity contribution in [3.05, 3.63) is 0 Å². The summed E-state index contributed by atoms with van der Waals surface area (Å²) < 4.78 is 11.9. The molecule has 0 radical (unpaired) electrons. The summed E-state index contributed by atoms with van der Waals surface area (Å²) in [5.41, 5.74) is 0.447. The number of likely N-dealkylation sites (tertiary alicyclic amines) is 1. The van der Waals surface area contributed by atoms with E-state index in [2.05, 4.69) is 17.1 Å². The third kappa shape index (κ3) is 3.34. The van der Waals surface area contributed by atoms with Crippen molar-refractivity contribution in [3.8, 4) is 0 Å². The molecule has 5 fully saturated rings. The average molecular weight is 377 g/mol. The van der Waals surface area contributed by atoms with Crippen molar-refractivity contribution >= 4 is 5.97 Å². The first-order valence-electron chi connectivity index (χ1n) is 11.4. The van der Waals surface area contributed by atoms with E-state index in [0.29, 0.717) is 17.3 Å². The zero-order chi connectivity index (χ0) is 18.5. The van der Waals surface area contributed by atoms with Crippen LogP contribution in [0.1, 0.15) is 58.3 Å². The molecular weight excluding hydrogens is 340 g/mol. The van der Waals surface area contributed by atoms with Crippen molar-refractivity contribution in [2.75, 3.05) is 39.3 Å². The molecule has 1 N–H and O–H groups in total. The van der Waals surface area contributed by atoms with Crippen LogP contribution >= 0.6 is 0 Å². The highest BCUT2D eigenvalue weighted by molar-refractivity contribution is 5.75. The number of carbonyl (C=O) groups excluding carboxylic acids is 1. The van der Waals surface area contributed by atoms with Gasteiger partial charge in [-0.25, -0.2) is 0 Å².